The Labute approximate surface area is 154 Å². The number of rotatable bonds is 8. The molecule has 1 aromatic carbocycles. The zero-order valence-electron chi connectivity index (χ0n) is 13.3. The summed E-state index contributed by atoms with van der Waals surface area (Å²) in [6.45, 7) is 1.52. The molecule has 132 valence electrons. The van der Waals surface area contributed by atoms with Gasteiger partial charge in [0.2, 0.25) is 10.0 Å². The molecule has 0 atom stereocenters. The highest BCUT2D eigenvalue weighted by Gasteiger charge is 2.02. The molecule has 0 aliphatic heterocycles. The highest BCUT2D eigenvalue weighted by atomic mass is 127. The van der Waals surface area contributed by atoms with Crippen molar-refractivity contribution in [1.29, 1.82) is 0 Å². The third-order valence-corrected chi connectivity index (χ3v) is 3.61. The van der Waals surface area contributed by atoms with Gasteiger partial charge in [0.1, 0.15) is 5.82 Å². The molecule has 0 aliphatic rings. The van der Waals surface area contributed by atoms with Gasteiger partial charge in [-0.05, 0) is 24.5 Å². The fourth-order valence-corrected chi connectivity index (χ4v) is 2.31. The van der Waals surface area contributed by atoms with Crippen LogP contribution in [0.1, 0.15) is 12.0 Å². The van der Waals surface area contributed by atoms with Gasteiger partial charge in [0.05, 0.1) is 6.26 Å². The van der Waals surface area contributed by atoms with Crippen LogP contribution in [0.4, 0.5) is 4.39 Å². The lowest BCUT2D eigenvalue weighted by atomic mass is 10.1. The topological polar surface area (TPSA) is 82.6 Å². The molecule has 1 aromatic rings. The molecule has 0 heterocycles. The molecule has 0 spiro atoms. The van der Waals surface area contributed by atoms with Gasteiger partial charge >= 0.3 is 0 Å². The molecule has 6 nitrogen and oxygen atoms in total. The molecule has 0 saturated carbocycles. The first kappa shape index (κ1) is 22.1. The second-order valence-corrected chi connectivity index (χ2v) is 6.62. The smallest absolute Gasteiger partial charge is 0.208 e. The van der Waals surface area contributed by atoms with Gasteiger partial charge < -0.3 is 10.6 Å². The SMILES string of the molecule is CN=C(NCCCNS(C)(=O)=O)NCCc1ccccc1F.I. The summed E-state index contributed by atoms with van der Waals surface area (Å²) in [5.41, 5.74) is 0.655. The number of benzene rings is 1. The average molecular weight is 458 g/mol. The summed E-state index contributed by atoms with van der Waals surface area (Å²) in [7, 11) is -1.49. The highest BCUT2D eigenvalue weighted by Crippen LogP contribution is 2.05. The average Bonchev–Trinajstić information content (AvgIpc) is 2.45. The molecule has 9 heteroatoms. The number of nitrogens with zero attached hydrogens (tertiary/aromatic N) is 1. The summed E-state index contributed by atoms with van der Waals surface area (Å²) >= 11 is 0. The number of hydrogen-bond acceptors (Lipinski definition) is 3. The molecule has 0 fully saturated rings. The minimum atomic E-state index is -3.14. The minimum Gasteiger partial charge on any atom is -0.356 e. The molecule has 0 radical (unpaired) electrons. The van der Waals surface area contributed by atoms with Crippen LogP contribution >= 0.6 is 24.0 Å². The van der Waals surface area contributed by atoms with E-state index in [1.165, 1.54) is 6.07 Å². The largest absolute Gasteiger partial charge is 0.356 e. The van der Waals surface area contributed by atoms with Gasteiger partial charge in [-0.15, -0.1) is 24.0 Å². The van der Waals surface area contributed by atoms with Crippen molar-refractivity contribution < 1.29 is 12.8 Å². The maximum absolute atomic E-state index is 13.5. The Kier molecular flexibility index (Phi) is 11.1. The lowest BCUT2D eigenvalue weighted by Crippen LogP contribution is -2.39. The summed E-state index contributed by atoms with van der Waals surface area (Å²) < 4.78 is 37.6. The number of hydrogen-bond donors (Lipinski definition) is 3. The highest BCUT2D eigenvalue weighted by molar-refractivity contribution is 14.0. The lowest BCUT2D eigenvalue weighted by Gasteiger charge is -2.12. The number of sulfonamides is 1. The number of aliphatic imine (C=N–C) groups is 1. The van der Waals surface area contributed by atoms with Crippen LogP contribution in [0.3, 0.4) is 0 Å². The predicted molar refractivity (Wildman–Crippen MR) is 102 cm³/mol. The molecule has 0 saturated heterocycles. The van der Waals surface area contributed by atoms with Crippen molar-refractivity contribution in [2.45, 2.75) is 12.8 Å². The van der Waals surface area contributed by atoms with Crippen LogP contribution in [0.5, 0.6) is 0 Å². The van der Waals surface area contributed by atoms with E-state index in [2.05, 4.69) is 20.3 Å². The van der Waals surface area contributed by atoms with Crippen LogP contribution in [-0.4, -0.2) is 47.3 Å². The van der Waals surface area contributed by atoms with Crippen LogP contribution in [0.15, 0.2) is 29.3 Å². The van der Waals surface area contributed by atoms with Gasteiger partial charge in [-0.3, -0.25) is 4.99 Å². The Balaban J connectivity index is 0.00000484. The fraction of sp³-hybridized carbons (Fsp3) is 0.500. The van der Waals surface area contributed by atoms with Crippen molar-refractivity contribution in [3.63, 3.8) is 0 Å². The molecular formula is C14H24FIN4O2S. The molecule has 0 amide bonds. The molecule has 1 rings (SSSR count). The first-order valence-electron chi connectivity index (χ1n) is 7.05. The minimum absolute atomic E-state index is 0. The zero-order chi connectivity index (χ0) is 16.4. The second-order valence-electron chi connectivity index (χ2n) is 4.79. The maximum atomic E-state index is 13.5. The first-order chi connectivity index (χ1) is 10.4. The number of halogens is 2. The van der Waals surface area contributed by atoms with Gasteiger partial charge in [0, 0.05) is 26.7 Å². The van der Waals surface area contributed by atoms with E-state index in [4.69, 9.17) is 0 Å². The Morgan fingerprint density at radius 1 is 1.17 bits per heavy atom. The molecule has 0 bridgehead atoms. The van der Waals surface area contributed by atoms with Crippen molar-refractivity contribution in [3.05, 3.63) is 35.6 Å². The van der Waals surface area contributed by atoms with Gasteiger partial charge in [-0.25, -0.2) is 17.5 Å². The van der Waals surface area contributed by atoms with E-state index in [1.54, 1.807) is 25.2 Å². The zero-order valence-corrected chi connectivity index (χ0v) is 16.4. The molecule has 23 heavy (non-hydrogen) atoms. The van der Waals surface area contributed by atoms with Gasteiger partial charge in [-0.1, -0.05) is 18.2 Å². The summed E-state index contributed by atoms with van der Waals surface area (Å²) in [5, 5.41) is 6.15. The quantitative estimate of drug-likeness (QED) is 0.236. The lowest BCUT2D eigenvalue weighted by molar-refractivity contribution is 0.584. The van der Waals surface area contributed by atoms with Crippen molar-refractivity contribution in [2.75, 3.05) is 32.9 Å². The Hall–Kier alpha value is -0.940. The predicted octanol–water partition coefficient (Wildman–Crippen LogP) is 1.09. The van der Waals surface area contributed by atoms with Gasteiger partial charge in [0.15, 0.2) is 5.96 Å². The van der Waals surface area contributed by atoms with Crippen molar-refractivity contribution in [3.8, 4) is 0 Å². The summed E-state index contributed by atoms with van der Waals surface area (Å²) in [5.74, 6) is 0.398. The third kappa shape index (κ3) is 10.4. The van der Waals surface area contributed by atoms with E-state index in [0.717, 1.165) is 6.26 Å². The summed E-state index contributed by atoms with van der Waals surface area (Å²) in [4.78, 5) is 4.05. The van der Waals surface area contributed by atoms with E-state index < -0.39 is 10.0 Å². The normalized spacial score (nSPS) is 11.7. The summed E-state index contributed by atoms with van der Waals surface area (Å²) in [6.07, 6.45) is 2.33. The third-order valence-electron chi connectivity index (χ3n) is 2.88. The van der Waals surface area contributed by atoms with Crippen molar-refractivity contribution in [1.82, 2.24) is 15.4 Å². The summed E-state index contributed by atoms with van der Waals surface area (Å²) in [6, 6.07) is 6.67. The second kappa shape index (κ2) is 11.6. The van der Waals surface area contributed by atoms with E-state index >= 15 is 0 Å². The van der Waals surface area contributed by atoms with Crippen LogP contribution in [0.25, 0.3) is 0 Å². The van der Waals surface area contributed by atoms with E-state index in [9.17, 15) is 12.8 Å². The number of guanidine groups is 1. The van der Waals surface area contributed by atoms with Crippen LogP contribution in [0.2, 0.25) is 0 Å². The standard InChI is InChI=1S/C14H23FN4O2S.HI/c1-16-14(17-9-5-10-19-22(2,20)21)18-11-8-12-6-3-4-7-13(12)15;/h3-4,6-7,19H,5,8-11H2,1-2H3,(H2,16,17,18);1H. The van der Waals surface area contributed by atoms with Crippen LogP contribution < -0.4 is 15.4 Å². The van der Waals surface area contributed by atoms with Crippen LogP contribution in [0, 0.1) is 5.82 Å². The molecule has 3 N–H and O–H groups in total. The maximum Gasteiger partial charge on any atom is 0.208 e. The van der Waals surface area contributed by atoms with Crippen LogP contribution in [-0.2, 0) is 16.4 Å². The van der Waals surface area contributed by atoms with E-state index in [-0.39, 0.29) is 29.8 Å². The molecular weight excluding hydrogens is 434 g/mol. The van der Waals surface area contributed by atoms with E-state index in [1.807, 2.05) is 0 Å². The van der Waals surface area contributed by atoms with Crippen molar-refractivity contribution in [2.24, 2.45) is 4.99 Å². The van der Waals surface area contributed by atoms with Gasteiger partial charge in [-0.2, -0.15) is 0 Å². The fourth-order valence-electron chi connectivity index (χ4n) is 1.79. The Bertz CT molecular complexity index is 596. The Morgan fingerprint density at radius 2 is 1.83 bits per heavy atom. The molecule has 0 unspecified atom stereocenters. The number of nitrogens with one attached hydrogen (secondary N) is 3. The van der Waals surface area contributed by atoms with Gasteiger partial charge in [0.25, 0.3) is 0 Å². The molecule has 0 aliphatic carbocycles. The Morgan fingerprint density at radius 3 is 2.43 bits per heavy atom. The monoisotopic (exact) mass is 458 g/mol. The van der Waals surface area contributed by atoms with E-state index in [0.29, 0.717) is 44.0 Å². The molecule has 0 aromatic heterocycles. The van der Waals surface area contributed by atoms with Crippen molar-refractivity contribution >= 4 is 40.0 Å². The first-order valence-corrected chi connectivity index (χ1v) is 8.94.